The summed E-state index contributed by atoms with van der Waals surface area (Å²) in [7, 11) is 1.39. The van der Waals surface area contributed by atoms with Crippen LogP contribution in [0.15, 0.2) is 24.3 Å². The van der Waals surface area contributed by atoms with E-state index in [1.807, 2.05) is 6.92 Å². The van der Waals surface area contributed by atoms with Gasteiger partial charge >= 0.3 is 0 Å². The molecule has 2 N–H and O–H groups in total. The van der Waals surface area contributed by atoms with Crippen LogP contribution in [0.25, 0.3) is 6.08 Å². The molecule has 5 heteroatoms. The van der Waals surface area contributed by atoms with E-state index in [1.54, 1.807) is 13.0 Å². The van der Waals surface area contributed by atoms with Gasteiger partial charge in [0, 0.05) is 12.6 Å². The monoisotopic (exact) mass is 295 g/mol. The number of nitrogens with one attached hydrogen (secondary N) is 1. The Morgan fingerprint density at radius 3 is 2.81 bits per heavy atom. The Bertz CT molecular complexity index is 512. The molecular weight excluding hydrogens is 273 g/mol. The van der Waals surface area contributed by atoms with Crippen molar-refractivity contribution in [3.8, 4) is 5.75 Å². The molecule has 1 rings (SSSR count). The molecule has 0 spiro atoms. The van der Waals surface area contributed by atoms with Gasteiger partial charge in [-0.05, 0) is 37.1 Å². The first-order valence-electron chi connectivity index (χ1n) is 6.90. The minimum atomic E-state index is -0.912. The van der Waals surface area contributed by atoms with E-state index in [-0.39, 0.29) is 18.2 Å². The highest BCUT2D eigenvalue weighted by Gasteiger charge is 2.19. The average molecular weight is 295 g/mol. The second-order valence-electron chi connectivity index (χ2n) is 5.19. The lowest BCUT2D eigenvalue weighted by Crippen LogP contribution is -2.39. The third kappa shape index (κ3) is 5.95. The van der Waals surface area contributed by atoms with Crippen molar-refractivity contribution in [1.29, 1.82) is 0 Å². The quantitative estimate of drug-likeness (QED) is 0.760. The van der Waals surface area contributed by atoms with Gasteiger partial charge in [-0.1, -0.05) is 19.4 Å². The second kappa shape index (κ2) is 7.78. The number of methoxy groups -OCH3 is 1. The fraction of sp³-hybridized carbons (Fsp3) is 0.438. The largest absolute Gasteiger partial charge is 0.494 e. The molecule has 21 heavy (non-hydrogen) atoms. The fourth-order valence-corrected chi connectivity index (χ4v) is 1.92. The van der Waals surface area contributed by atoms with Crippen LogP contribution in [-0.2, 0) is 4.79 Å². The smallest absolute Gasteiger partial charge is 0.244 e. The van der Waals surface area contributed by atoms with Gasteiger partial charge in [0.2, 0.25) is 5.91 Å². The van der Waals surface area contributed by atoms with Crippen LogP contribution in [0.3, 0.4) is 0 Å². The zero-order valence-electron chi connectivity index (χ0n) is 12.6. The molecule has 0 radical (unpaired) electrons. The first-order chi connectivity index (χ1) is 9.88. The number of rotatable bonds is 7. The SMILES string of the molecule is CCCC(C)(O)CNC(=O)/C=C/c1ccc(OC)c(F)c1. The van der Waals surface area contributed by atoms with Crippen molar-refractivity contribution in [2.45, 2.75) is 32.3 Å². The minimum Gasteiger partial charge on any atom is -0.494 e. The highest BCUT2D eigenvalue weighted by atomic mass is 19.1. The summed E-state index contributed by atoms with van der Waals surface area (Å²) in [6.07, 6.45) is 4.26. The second-order valence-corrected chi connectivity index (χ2v) is 5.19. The van der Waals surface area contributed by atoms with Crippen LogP contribution >= 0.6 is 0 Å². The standard InChI is InChI=1S/C16H22FNO3/c1-4-9-16(2,20)11-18-15(19)8-6-12-5-7-14(21-3)13(17)10-12/h5-8,10,20H,4,9,11H2,1-3H3,(H,18,19)/b8-6+. The summed E-state index contributed by atoms with van der Waals surface area (Å²) < 4.78 is 18.3. The third-order valence-electron chi connectivity index (χ3n) is 3.04. The van der Waals surface area contributed by atoms with Crippen LogP contribution in [0.2, 0.25) is 0 Å². The van der Waals surface area contributed by atoms with Crippen LogP contribution < -0.4 is 10.1 Å². The molecule has 0 saturated heterocycles. The molecule has 116 valence electrons. The maximum atomic E-state index is 13.5. The zero-order valence-corrected chi connectivity index (χ0v) is 12.6. The van der Waals surface area contributed by atoms with Crippen molar-refractivity contribution in [3.05, 3.63) is 35.7 Å². The molecule has 1 aromatic carbocycles. The predicted octanol–water partition coefficient (Wildman–Crippen LogP) is 2.51. The highest BCUT2D eigenvalue weighted by Crippen LogP contribution is 2.18. The molecule has 0 heterocycles. The Balaban J connectivity index is 2.56. The van der Waals surface area contributed by atoms with E-state index < -0.39 is 11.4 Å². The fourth-order valence-electron chi connectivity index (χ4n) is 1.92. The van der Waals surface area contributed by atoms with Crippen molar-refractivity contribution in [3.63, 3.8) is 0 Å². The van der Waals surface area contributed by atoms with Gasteiger partial charge in [-0.15, -0.1) is 0 Å². The summed E-state index contributed by atoms with van der Waals surface area (Å²) in [5.74, 6) is -0.652. The highest BCUT2D eigenvalue weighted by molar-refractivity contribution is 5.91. The maximum Gasteiger partial charge on any atom is 0.244 e. The van der Waals surface area contributed by atoms with Gasteiger partial charge in [-0.3, -0.25) is 4.79 Å². The normalized spacial score (nSPS) is 14.0. The number of benzene rings is 1. The predicted molar refractivity (Wildman–Crippen MR) is 80.5 cm³/mol. The lowest BCUT2D eigenvalue weighted by atomic mass is 10.0. The molecule has 0 aliphatic carbocycles. The van der Waals surface area contributed by atoms with E-state index in [0.717, 1.165) is 6.42 Å². The molecule has 1 atom stereocenters. The Hall–Kier alpha value is -1.88. The van der Waals surface area contributed by atoms with E-state index >= 15 is 0 Å². The molecule has 1 amide bonds. The summed E-state index contributed by atoms with van der Waals surface area (Å²) in [5.41, 5.74) is -0.353. The van der Waals surface area contributed by atoms with Crippen LogP contribution in [0.1, 0.15) is 32.3 Å². The maximum absolute atomic E-state index is 13.5. The van der Waals surface area contributed by atoms with Gasteiger partial charge in [0.25, 0.3) is 0 Å². The van der Waals surface area contributed by atoms with Gasteiger partial charge in [0.15, 0.2) is 11.6 Å². The van der Waals surface area contributed by atoms with Crippen molar-refractivity contribution in [2.75, 3.05) is 13.7 Å². The number of halogens is 1. The summed E-state index contributed by atoms with van der Waals surface area (Å²) in [4.78, 5) is 11.6. The van der Waals surface area contributed by atoms with E-state index in [1.165, 1.54) is 31.4 Å². The lowest BCUT2D eigenvalue weighted by Gasteiger charge is -2.22. The molecule has 0 aliphatic heterocycles. The zero-order chi connectivity index (χ0) is 15.9. The van der Waals surface area contributed by atoms with Crippen molar-refractivity contribution in [2.24, 2.45) is 0 Å². The molecule has 0 aromatic heterocycles. The number of hydrogen-bond donors (Lipinski definition) is 2. The summed E-state index contributed by atoms with van der Waals surface area (Å²) in [6.45, 7) is 3.83. The molecule has 0 aliphatic rings. The lowest BCUT2D eigenvalue weighted by molar-refractivity contribution is -0.117. The molecule has 0 bridgehead atoms. The van der Waals surface area contributed by atoms with Crippen molar-refractivity contribution >= 4 is 12.0 Å². The number of carbonyl (C=O) groups is 1. The number of carbonyl (C=O) groups excluding carboxylic acids is 1. The first kappa shape index (κ1) is 17.2. The number of ether oxygens (including phenoxy) is 1. The molecule has 4 nitrogen and oxygen atoms in total. The van der Waals surface area contributed by atoms with Gasteiger partial charge in [-0.2, -0.15) is 0 Å². The van der Waals surface area contributed by atoms with E-state index in [4.69, 9.17) is 4.74 Å². The van der Waals surface area contributed by atoms with Gasteiger partial charge in [0.05, 0.1) is 12.7 Å². The van der Waals surface area contributed by atoms with Gasteiger partial charge in [-0.25, -0.2) is 4.39 Å². The number of aliphatic hydroxyl groups is 1. The minimum absolute atomic E-state index is 0.159. The number of hydrogen-bond acceptors (Lipinski definition) is 3. The van der Waals surface area contributed by atoms with Crippen LogP contribution in [0.4, 0.5) is 4.39 Å². The molecule has 0 saturated carbocycles. The Kier molecular flexibility index (Phi) is 6.37. The number of amides is 1. The Morgan fingerprint density at radius 2 is 2.24 bits per heavy atom. The van der Waals surface area contributed by atoms with E-state index in [0.29, 0.717) is 12.0 Å². The average Bonchev–Trinajstić information content (AvgIpc) is 2.43. The Labute approximate surface area is 124 Å². The topological polar surface area (TPSA) is 58.6 Å². The first-order valence-corrected chi connectivity index (χ1v) is 6.90. The van der Waals surface area contributed by atoms with E-state index in [2.05, 4.69) is 5.32 Å². The van der Waals surface area contributed by atoms with Crippen LogP contribution in [0.5, 0.6) is 5.75 Å². The van der Waals surface area contributed by atoms with Gasteiger partial charge < -0.3 is 15.2 Å². The van der Waals surface area contributed by atoms with Crippen molar-refractivity contribution < 1.29 is 19.0 Å². The molecule has 1 unspecified atom stereocenters. The summed E-state index contributed by atoms with van der Waals surface area (Å²) in [5, 5.41) is 12.6. The van der Waals surface area contributed by atoms with Gasteiger partial charge in [0.1, 0.15) is 0 Å². The van der Waals surface area contributed by atoms with Crippen LogP contribution in [-0.4, -0.2) is 30.3 Å². The Morgan fingerprint density at radius 1 is 1.52 bits per heavy atom. The van der Waals surface area contributed by atoms with Crippen molar-refractivity contribution in [1.82, 2.24) is 5.32 Å². The summed E-state index contributed by atoms with van der Waals surface area (Å²) >= 11 is 0. The van der Waals surface area contributed by atoms with Crippen LogP contribution in [0, 0.1) is 5.82 Å². The molecular formula is C16H22FNO3. The summed E-state index contributed by atoms with van der Waals surface area (Å²) in [6, 6.07) is 4.44. The van der Waals surface area contributed by atoms with E-state index in [9.17, 15) is 14.3 Å². The molecule has 0 fully saturated rings. The molecule has 1 aromatic rings. The third-order valence-corrected chi connectivity index (χ3v) is 3.04.